The van der Waals surface area contributed by atoms with Gasteiger partial charge in [-0.2, -0.15) is 0 Å². The van der Waals surface area contributed by atoms with Crippen LogP contribution in [0.5, 0.6) is 0 Å². The molecule has 0 fully saturated rings. The van der Waals surface area contributed by atoms with E-state index in [9.17, 15) is 9.59 Å². The van der Waals surface area contributed by atoms with Crippen LogP contribution in [0, 0.1) is 0 Å². The lowest BCUT2D eigenvalue weighted by molar-refractivity contribution is -0.118. The Bertz CT molecular complexity index is 420. The third-order valence-electron chi connectivity index (χ3n) is 2.36. The van der Waals surface area contributed by atoms with E-state index in [0.717, 1.165) is 10.6 Å². The summed E-state index contributed by atoms with van der Waals surface area (Å²) in [6, 6.07) is 7.40. The lowest BCUT2D eigenvalue weighted by Gasteiger charge is -2.08. The van der Waals surface area contributed by atoms with Crippen molar-refractivity contribution in [3.05, 3.63) is 24.3 Å². The number of rotatable bonds is 6. The van der Waals surface area contributed by atoms with Crippen LogP contribution in [-0.2, 0) is 4.79 Å². The molecule has 0 aliphatic rings. The molecule has 3 N–H and O–H groups in total. The van der Waals surface area contributed by atoms with Gasteiger partial charge >= 0.3 is 6.03 Å². The van der Waals surface area contributed by atoms with Gasteiger partial charge in [-0.05, 0) is 36.9 Å². The average molecular weight is 281 g/mol. The van der Waals surface area contributed by atoms with Crippen molar-refractivity contribution in [3.63, 3.8) is 0 Å². The molecule has 104 valence electrons. The molecule has 0 atom stereocenters. The largest absolute Gasteiger partial charge is 0.356 e. The van der Waals surface area contributed by atoms with Gasteiger partial charge < -0.3 is 16.0 Å². The summed E-state index contributed by atoms with van der Waals surface area (Å²) in [5.41, 5.74) is 0.761. The molecule has 0 unspecified atom stereocenters. The highest BCUT2D eigenvalue weighted by Gasteiger charge is 2.00. The van der Waals surface area contributed by atoms with Gasteiger partial charge in [-0.3, -0.25) is 4.79 Å². The van der Waals surface area contributed by atoms with Gasteiger partial charge in [-0.1, -0.05) is 0 Å². The zero-order chi connectivity index (χ0) is 14.1. The quantitative estimate of drug-likeness (QED) is 0.552. The van der Waals surface area contributed by atoms with E-state index in [1.54, 1.807) is 11.8 Å². The molecule has 0 heterocycles. The number of hydrogen-bond donors (Lipinski definition) is 3. The van der Waals surface area contributed by atoms with Crippen molar-refractivity contribution in [2.45, 2.75) is 18.2 Å². The molecule has 0 aromatic heterocycles. The van der Waals surface area contributed by atoms with Gasteiger partial charge in [0, 0.05) is 30.6 Å². The second-order valence-electron chi connectivity index (χ2n) is 3.95. The first kappa shape index (κ1) is 15.4. The molecule has 6 heteroatoms. The van der Waals surface area contributed by atoms with Crippen molar-refractivity contribution in [1.29, 1.82) is 0 Å². The minimum Gasteiger partial charge on any atom is -0.356 e. The van der Waals surface area contributed by atoms with Crippen molar-refractivity contribution in [3.8, 4) is 0 Å². The number of benzene rings is 1. The Morgan fingerprint density at radius 2 is 1.74 bits per heavy atom. The van der Waals surface area contributed by atoms with Crippen LogP contribution < -0.4 is 16.0 Å². The highest BCUT2D eigenvalue weighted by atomic mass is 32.2. The van der Waals surface area contributed by atoms with E-state index in [-0.39, 0.29) is 11.9 Å². The number of thioether (sulfide) groups is 1. The molecule has 0 radical (unpaired) electrons. The molecule has 19 heavy (non-hydrogen) atoms. The molecule has 0 bridgehead atoms. The smallest absolute Gasteiger partial charge is 0.319 e. The highest BCUT2D eigenvalue weighted by Crippen LogP contribution is 2.17. The number of carbonyl (C=O) groups is 2. The fourth-order valence-electron chi connectivity index (χ4n) is 1.40. The minimum atomic E-state index is -0.236. The lowest BCUT2D eigenvalue weighted by atomic mass is 10.3. The van der Waals surface area contributed by atoms with Crippen molar-refractivity contribution < 1.29 is 9.59 Å². The van der Waals surface area contributed by atoms with Gasteiger partial charge in [0.1, 0.15) is 0 Å². The first-order chi connectivity index (χ1) is 9.11. The predicted octanol–water partition coefficient (Wildman–Crippen LogP) is 2.06. The zero-order valence-electron chi connectivity index (χ0n) is 11.2. The number of carbonyl (C=O) groups excluding carboxylic acids is 2. The van der Waals surface area contributed by atoms with E-state index in [0.29, 0.717) is 19.5 Å². The van der Waals surface area contributed by atoms with E-state index in [2.05, 4.69) is 16.0 Å². The Morgan fingerprint density at radius 1 is 1.11 bits per heavy atom. The Labute approximate surface area is 117 Å². The Hall–Kier alpha value is -1.69. The Morgan fingerprint density at radius 3 is 2.32 bits per heavy atom. The molecular formula is C13H19N3O2S. The fraction of sp³-hybridized carbons (Fsp3) is 0.385. The van der Waals surface area contributed by atoms with Crippen LogP contribution in [0.1, 0.15) is 13.3 Å². The molecular weight excluding hydrogens is 262 g/mol. The third-order valence-corrected chi connectivity index (χ3v) is 3.10. The molecule has 0 saturated carbocycles. The fourth-order valence-corrected chi connectivity index (χ4v) is 1.81. The second-order valence-corrected chi connectivity index (χ2v) is 4.83. The summed E-state index contributed by atoms with van der Waals surface area (Å²) in [4.78, 5) is 23.3. The summed E-state index contributed by atoms with van der Waals surface area (Å²) in [5.74, 6) is -0.0571. The van der Waals surface area contributed by atoms with E-state index in [1.807, 2.05) is 30.5 Å². The molecule has 0 aliphatic carbocycles. The van der Waals surface area contributed by atoms with Crippen molar-refractivity contribution in [1.82, 2.24) is 10.6 Å². The Kier molecular flexibility index (Phi) is 6.81. The van der Waals surface area contributed by atoms with Gasteiger partial charge in [0.05, 0.1) is 0 Å². The topological polar surface area (TPSA) is 70.2 Å². The standard InChI is InChI=1S/C13H19N3O2S/c1-10(17)14-8-3-9-15-13(18)16-11-4-6-12(19-2)7-5-11/h4-7H,3,8-9H2,1-2H3,(H,14,17)(H2,15,16,18). The summed E-state index contributed by atoms with van der Waals surface area (Å²) in [5, 5.41) is 8.14. The number of anilines is 1. The van der Waals surface area contributed by atoms with Crippen LogP contribution in [0.2, 0.25) is 0 Å². The number of amides is 3. The third kappa shape index (κ3) is 6.71. The van der Waals surface area contributed by atoms with E-state index >= 15 is 0 Å². The van der Waals surface area contributed by atoms with E-state index in [4.69, 9.17) is 0 Å². The van der Waals surface area contributed by atoms with Crippen molar-refractivity contribution in [2.24, 2.45) is 0 Å². The van der Waals surface area contributed by atoms with E-state index in [1.165, 1.54) is 6.92 Å². The summed E-state index contributed by atoms with van der Waals surface area (Å²) < 4.78 is 0. The van der Waals surface area contributed by atoms with Gasteiger partial charge in [0.25, 0.3) is 0 Å². The van der Waals surface area contributed by atoms with Crippen LogP contribution in [0.25, 0.3) is 0 Å². The van der Waals surface area contributed by atoms with Crippen molar-refractivity contribution in [2.75, 3.05) is 24.7 Å². The average Bonchev–Trinajstić information content (AvgIpc) is 2.39. The monoisotopic (exact) mass is 281 g/mol. The van der Waals surface area contributed by atoms with Crippen LogP contribution in [0.3, 0.4) is 0 Å². The first-order valence-corrected chi connectivity index (χ1v) is 7.27. The van der Waals surface area contributed by atoms with Gasteiger partial charge in [-0.15, -0.1) is 11.8 Å². The highest BCUT2D eigenvalue weighted by molar-refractivity contribution is 7.98. The van der Waals surface area contributed by atoms with Gasteiger partial charge in [0.15, 0.2) is 0 Å². The predicted molar refractivity (Wildman–Crippen MR) is 78.5 cm³/mol. The lowest BCUT2D eigenvalue weighted by Crippen LogP contribution is -2.31. The van der Waals surface area contributed by atoms with Crippen molar-refractivity contribution >= 4 is 29.4 Å². The van der Waals surface area contributed by atoms with Crippen LogP contribution in [0.4, 0.5) is 10.5 Å². The normalized spacial score (nSPS) is 9.79. The molecule has 0 saturated heterocycles. The van der Waals surface area contributed by atoms with E-state index < -0.39 is 0 Å². The van der Waals surface area contributed by atoms with Crippen LogP contribution in [0.15, 0.2) is 29.2 Å². The summed E-state index contributed by atoms with van der Waals surface area (Å²) >= 11 is 1.66. The Balaban J connectivity index is 2.21. The summed E-state index contributed by atoms with van der Waals surface area (Å²) in [6.45, 7) is 2.56. The molecule has 0 spiro atoms. The molecule has 5 nitrogen and oxygen atoms in total. The minimum absolute atomic E-state index is 0.0571. The van der Waals surface area contributed by atoms with Crippen LogP contribution in [-0.4, -0.2) is 31.3 Å². The molecule has 1 aromatic rings. The zero-order valence-corrected chi connectivity index (χ0v) is 12.0. The first-order valence-electron chi connectivity index (χ1n) is 6.05. The summed E-state index contributed by atoms with van der Waals surface area (Å²) in [7, 11) is 0. The van der Waals surface area contributed by atoms with Gasteiger partial charge in [-0.25, -0.2) is 4.79 Å². The summed E-state index contributed by atoms with van der Waals surface area (Å²) in [6.07, 6.45) is 2.71. The SMILES string of the molecule is CSc1ccc(NC(=O)NCCCNC(C)=O)cc1. The van der Waals surface area contributed by atoms with Crippen LogP contribution >= 0.6 is 11.8 Å². The molecule has 1 rings (SSSR count). The number of hydrogen-bond acceptors (Lipinski definition) is 3. The van der Waals surface area contributed by atoms with Gasteiger partial charge in [0.2, 0.25) is 5.91 Å². The number of urea groups is 1. The number of nitrogens with one attached hydrogen (secondary N) is 3. The molecule has 0 aliphatic heterocycles. The maximum absolute atomic E-state index is 11.5. The maximum Gasteiger partial charge on any atom is 0.319 e. The maximum atomic E-state index is 11.5. The molecule has 1 aromatic carbocycles. The second kappa shape index (κ2) is 8.42. The molecule has 3 amide bonds.